The first-order valence-electron chi connectivity index (χ1n) is 5.80. The first-order valence-corrected chi connectivity index (χ1v) is 8.16. The van der Waals surface area contributed by atoms with Gasteiger partial charge in [-0.3, -0.25) is 9.48 Å². The maximum Gasteiger partial charge on any atom is 0.304 e. The van der Waals surface area contributed by atoms with E-state index in [0.717, 1.165) is 0 Å². The lowest BCUT2D eigenvalue weighted by Gasteiger charge is -2.10. The summed E-state index contributed by atoms with van der Waals surface area (Å²) in [4.78, 5) is 12.1. The van der Waals surface area contributed by atoms with Gasteiger partial charge in [0.25, 0.3) is 0 Å². The molecule has 0 saturated carbocycles. The fraction of sp³-hybridized carbons (Fsp3) is 0.636. The van der Waals surface area contributed by atoms with Gasteiger partial charge in [-0.05, 0) is 20.3 Å². The number of carbonyl (C=O) groups excluding carboxylic acids is 1. The Bertz CT molecular complexity index is 559. The molecule has 0 bridgehead atoms. The summed E-state index contributed by atoms with van der Waals surface area (Å²) in [5, 5.41) is 4.06. The fourth-order valence-electron chi connectivity index (χ4n) is 1.42. The van der Waals surface area contributed by atoms with E-state index in [-0.39, 0.29) is 16.0 Å². The quantitative estimate of drug-likeness (QED) is 0.856. The van der Waals surface area contributed by atoms with Crippen molar-refractivity contribution in [1.82, 2.24) is 9.78 Å². The molecule has 1 amide bonds. The van der Waals surface area contributed by atoms with Gasteiger partial charge in [-0.2, -0.15) is 9.46 Å². The minimum atomic E-state index is -2.55. The third-order valence-corrected chi connectivity index (χ3v) is 5.51. The van der Waals surface area contributed by atoms with Crippen LogP contribution in [0, 0.1) is 0 Å². The molecular weight excluding hydrogens is 274 g/mol. The Morgan fingerprint density at radius 2 is 2.22 bits per heavy atom. The number of nitrogens with zero attached hydrogens (tertiary/aromatic N) is 3. The van der Waals surface area contributed by atoms with Crippen LogP contribution in [0.25, 0.3) is 0 Å². The van der Waals surface area contributed by atoms with Gasteiger partial charge >= 0.3 is 5.91 Å². The second-order valence-corrected chi connectivity index (χ2v) is 7.25. The van der Waals surface area contributed by atoms with Gasteiger partial charge in [0.05, 0.1) is 20.9 Å². The van der Waals surface area contributed by atoms with E-state index in [1.54, 1.807) is 0 Å². The lowest BCUT2D eigenvalue weighted by molar-refractivity contribution is 0.0995. The Kier molecular flexibility index (Phi) is 4.92. The second kappa shape index (κ2) is 5.84. The van der Waals surface area contributed by atoms with Crippen LogP contribution in [0.1, 0.15) is 37.7 Å². The maximum atomic E-state index is 12.3. The molecule has 2 unspecified atom stereocenters. The number of hydrogen-bond donors (Lipinski definition) is 0. The van der Waals surface area contributed by atoms with Crippen LogP contribution < -0.4 is 0 Å². The Morgan fingerprint density at radius 1 is 1.61 bits per heavy atom. The summed E-state index contributed by atoms with van der Waals surface area (Å²) >= 11 is 5.90. The standard InChI is InChI=1S/C11H18ClN3O2S/c1-5-8(3)18(4,17)14-11(16)10-9(12)7-13-15(10)6-2/h7-8H,5-6H2,1-4H3. The van der Waals surface area contributed by atoms with Crippen LogP contribution in [0.15, 0.2) is 10.6 Å². The molecule has 1 aromatic heterocycles. The van der Waals surface area contributed by atoms with E-state index in [0.29, 0.717) is 13.0 Å². The summed E-state index contributed by atoms with van der Waals surface area (Å²) in [5.74, 6) is -0.563. The zero-order valence-electron chi connectivity index (χ0n) is 11.0. The van der Waals surface area contributed by atoms with Crippen LogP contribution in [-0.2, 0) is 16.3 Å². The largest absolute Gasteiger partial charge is 0.304 e. The van der Waals surface area contributed by atoms with Gasteiger partial charge in [0.2, 0.25) is 0 Å². The number of rotatable bonds is 4. The molecule has 2 atom stereocenters. The molecule has 18 heavy (non-hydrogen) atoms. The third kappa shape index (κ3) is 3.11. The van der Waals surface area contributed by atoms with E-state index in [9.17, 15) is 9.00 Å². The van der Waals surface area contributed by atoms with Gasteiger partial charge in [-0.25, -0.2) is 4.21 Å². The van der Waals surface area contributed by atoms with Gasteiger partial charge < -0.3 is 0 Å². The molecule has 0 aliphatic rings. The summed E-state index contributed by atoms with van der Waals surface area (Å²) in [6, 6.07) is 0. The second-order valence-electron chi connectivity index (χ2n) is 4.13. The normalized spacial score (nSPS) is 16.1. The molecular formula is C11H18ClN3O2S. The van der Waals surface area contributed by atoms with Crippen molar-refractivity contribution < 1.29 is 9.00 Å². The minimum absolute atomic E-state index is 0.141. The maximum absolute atomic E-state index is 12.3. The zero-order chi connectivity index (χ0) is 13.9. The smallest absolute Gasteiger partial charge is 0.264 e. The van der Waals surface area contributed by atoms with Gasteiger partial charge in [-0.15, -0.1) is 0 Å². The predicted octanol–water partition coefficient (Wildman–Crippen LogP) is 2.59. The molecule has 0 N–H and O–H groups in total. The Morgan fingerprint density at radius 3 is 2.72 bits per heavy atom. The highest BCUT2D eigenvalue weighted by Crippen LogP contribution is 2.18. The Hall–Kier alpha value is -0.880. The van der Waals surface area contributed by atoms with E-state index in [2.05, 4.69) is 9.46 Å². The lowest BCUT2D eigenvalue weighted by Crippen LogP contribution is -2.18. The highest BCUT2D eigenvalue weighted by molar-refractivity contribution is 7.93. The Balaban J connectivity index is 3.20. The summed E-state index contributed by atoms with van der Waals surface area (Å²) in [6.07, 6.45) is 3.60. The number of aromatic nitrogens is 2. The van der Waals surface area contributed by atoms with Crippen LogP contribution >= 0.6 is 11.6 Å². The van der Waals surface area contributed by atoms with E-state index >= 15 is 0 Å². The summed E-state index contributed by atoms with van der Waals surface area (Å²) in [6.45, 7) is 6.09. The van der Waals surface area contributed by atoms with Crippen molar-refractivity contribution >= 4 is 27.2 Å². The number of amides is 1. The van der Waals surface area contributed by atoms with Crippen LogP contribution in [0.3, 0.4) is 0 Å². The number of carbonyl (C=O) groups is 1. The number of hydrogen-bond acceptors (Lipinski definition) is 3. The van der Waals surface area contributed by atoms with Crippen molar-refractivity contribution in [2.24, 2.45) is 4.36 Å². The van der Waals surface area contributed by atoms with Crippen molar-refractivity contribution in [2.45, 2.75) is 39.0 Å². The van der Waals surface area contributed by atoms with Gasteiger partial charge in [-0.1, -0.05) is 18.5 Å². The monoisotopic (exact) mass is 291 g/mol. The zero-order valence-corrected chi connectivity index (χ0v) is 12.6. The molecule has 0 aliphatic carbocycles. The summed E-state index contributed by atoms with van der Waals surface area (Å²) < 4.78 is 17.6. The molecule has 1 rings (SSSR count). The predicted molar refractivity (Wildman–Crippen MR) is 73.5 cm³/mol. The van der Waals surface area contributed by atoms with Gasteiger partial charge in [0.15, 0.2) is 0 Å². The van der Waals surface area contributed by atoms with E-state index < -0.39 is 15.6 Å². The summed E-state index contributed by atoms with van der Waals surface area (Å²) in [5.41, 5.74) is 0.206. The average Bonchev–Trinajstić information content (AvgIpc) is 2.68. The van der Waals surface area contributed by atoms with E-state index in [1.807, 2.05) is 20.8 Å². The third-order valence-electron chi connectivity index (χ3n) is 2.88. The molecule has 1 heterocycles. The van der Waals surface area contributed by atoms with Crippen molar-refractivity contribution in [2.75, 3.05) is 6.26 Å². The molecule has 1 aromatic rings. The molecule has 0 aliphatic heterocycles. The average molecular weight is 292 g/mol. The van der Waals surface area contributed by atoms with E-state index in [4.69, 9.17) is 11.6 Å². The highest BCUT2D eigenvalue weighted by Gasteiger charge is 2.20. The summed E-state index contributed by atoms with van der Waals surface area (Å²) in [7, 11) is -2.55. The highest BCUT2D eigenvalue weighted by atomic mass is 35.5. The molecule has 0 spiro atoms. The SMILES string of the molecule is CCC(C)S(C)(=O)=NC(=O)c1c(Cl)cnn1CC. The van der Waals surface area contributed by atoms with E-state index in [1.165, 1.54) is 17.1 Å². The molecule has 0 fully saturated rings. The molecule has 5 nitrogen and oxygen atoms in total. The number of halogens is 1. The topological polar surface area (TPSA) is 64.3 Å². The molecule has 102 valence electrons. The van der Waals surface area contributed by atoms with Crippen LogP contribution in [-0.4, -0.2) is 31.4 Å². The molecule has 0 radical (unpaired) electrons. The molecule has 0 saturated heterocycles. The lowest BCUT2D eigenvalue weighted by atomic mass is 10.4. The molecule has 7 heteroatoms. The minimum Gasteiger partial charge on any atom is -0.264 e. The van der Waals surface area contributed by atoms with Crippen LogP contribution in [0.2, 0.25) is 5.02 Å². The van der Waals surface area contributed by atoms with Crippen LogP contribution in [0.4, 0.5) is 0 Å². The van der Waals surface area contributed by atoms with Crippen molar-refractivity contribution in [3.8, 4) is 0 Å². The first-order chi connectivity index (χ1) is 8.33. The van der Waals surface area contributed by atoms with Crippen LogP contribution in [0.5, 0.6) is 0 Å². The van der Waals surface area contributed by atoms with Gasteiger partial charge in [0.1, 0.15) is 5.69 Å². The van der Waals surface area contributed by atoms with Crippen molar-refractivity contribution in [3.05, 3.63) is 16.9 Å². The fourth-order valence-corrected chi connectivity index (χ4v) is 2.86. The number of aryl methyl sites for hydroxylation is 1. The molecule has 0 aromatic carbocycles. The van der Waals surface area contributed by atoms with Crippen molar-refractivity contribution in [1.29, 1.82) is 0 Å². The Labute approximate surface area is 113 Å². The van der Waals surface area contributed by atoms with Crippen molar-refractivity contribution in [3.63, 3.8) is 0 Å². The van der Waals surface area contributed by atoms with Gasteiger partial charge in [0, 0.05) is 18.1 Å². The first kappa shape index (κ1) is 15.2.